The fraction of sp³-hybridized carbons (Fsp3) is 0.462. The Bertz CT molecular complexity index is 647. The number of carbonyl (C=O) groups is 1. The molecule has 0 saturated carbocycles. The Morgan fingerprint density at radius 3 is 2.33 bits per heavy atom. The van der Waals surface area contributed by atoms with Crippen LogP contribution in [0.15, 0.2) is 17.0 Å². The van der Waals surface area contributed by atoms with Crippen LogP contribution in [0.25, 0.3) is 0 Å². The SMILES string of the molecule is CCCN(C(=O)c1cc(S(=O)(=O)Cl)cc(F)c1F)C(C)C. The van der Waals surface area contributed by atoms with Crippen LogP contribution in [-0.2, 0) is 9.05 Å². The Morgan fingerprint density at radius 2 is 1.90 bits per heavy atom. The van der Waals surface area contributed by atoms with E-state index in [1.165, 1.54) is 4.90 Å². The van der Waals surface area contributed by atoms with Crippen molar-refractivity contribution in [2.45, 2.75) is 38.1 Å². The van der Waals surface area contributed by atoms with Crippen molar-refractivity contribution in [2.75, 3.05) is 6.54 Å². The van der Waals surface area contributed by atoms with E-state index in [-0.39, 0.29) is 6.04 Å². The highest BCUT2D eigenvalue weighted by molar-refractivity contribution is 8.13. The summed E-state index contributed by atoms with van der Waals surface area (Å²) in [5.41, 5.74) is -0.642. The number of carbonyl (C=O) groups excluding carboxylic acids is 1. The number of halogens is 3. The van der Waals surface area contributed by atoms with Crippen molar-refractivity contribution in [1.82, 2.24) is 4.90 Å². The molecule has 0 fully saturated rings. The van der Waals surface area contributed by atoms with E-state index in [2.05, 4.69) is 0 Å². The van der Waals surface area contributed by atoms with Gasteiger partial charge >= 0.3 is 0 Å². The highest BCUT2D eigenvalue weighted by Gasteiger charge is 2.26. The first-order valence-corrected chi connectivity index (χ1v) is 8.65. The average molecular weight is 340 g/mol. The molecule has 0 saturated heterocycles. The molecule has 4 nitrogen and oxygen atoms in total. The Kier molecular flexibility index (Phi) is 5.69. The van der Waals surface area contributed by atoms with Crippen LogP contribution >= 0.6 is 10.7 Å². The number of hydrogen-bond donors (Lipinski definition) is 0. The van der Waals surface area contributed by atoms with Gasteiger partial charge in [0.2, 0.25) is 0 Å². The van der Waals surface area contributed by atoms with Gasteiger partial charge in [-0.05, 0) is 32.4 Å². The second-order valence-electron chi connectivity index (χ2n) is 4.80. The fourth-order valence-corrected chi connectivity index (χ4v) is 2.62. The van der Waals surface area contributed by atoms with Gasteiger partial charge in [-0.15, -0.1) is 0 Å². The molecule has 8 heteroatoms. The third-order valence-corrected chi connectivity index (χ3v) is 4.20. The minimum absolute atomic E-state index is 0.240. The number of nitrogens with zero attached hydrogens (tertiary/aromatic N) is 1. The van der Waals surface area contributed by atoms with E-state index in [1.54, 1.807) is 13.8 Å². The minimum atomic E-state index is -4.26. The lowest BCUT2D eigenvalue weighted by atomic mass is 10.1. The highest BCUT2D eigenvalue weighted by atomic mass is 35.7. The van der Waals surface area contributed by atoms with E-state index in [0.29, 0.717) is 19.0 Å². The lowest BCUT2D eigenvalue weighted by molar-refractivity contribution is 0.0699. The molecule has 0 N–H and O–H groups in total. The molecule has 0 bridgehead atoms. The molecule has 118 valence electrons. The van der Waals surface area contributed by atoms with Crippen LogP contribution in [-0.4, -0.2) is 31.8 Å². The van der Waals surface area contributed by atoms with Crippen molar-refractivity contribution in [2.24, 2.45) is 0 Å². The molecule has 0 aromatic heterocycles. The first-order chi connectivity index (χ1) is 9.59. The smallest absolute Gasteiger partial charge is 0.261 e. The molecule has 0 spiro atoms. The van der Waals surface area contributed by atoms with Gasteiger partial charge in [0, 0.05) is 23.3 Å². The summed E-state index contributed by atoms with van der Waals surface area (Å²) in [5.74, 6) is -3.59. The maximum Gasteiger partial charge on any atom is 0.261 e. The van der Waals surface area contributed by atoms with Gasteiger partial charge in [0.1, 0.15) is 0 Å². The average Bonchev–Trinajstić information content (AvgIpc) is 2.36. The minimum Gasteiger partial charge on any atom is -0.336 e. The molecule has 1 aromatic rings. The highest BCUT2D eigenvalue weighted by Crippen LogP contribution is 2.23. The first-order valence-electron chi connectivity index (χ1n) is 6.34. The van der Waals surface area contributed by atoms with Gasteiger partial charge in [0.05, 0.1) is 10.5 Å². The van der Waals surface area contributed by atoms with Crippen molar-refractivity contribution in [3.8, 4) is 0 Å². The van der Waals surface area contributed by atoms with E-state index < -0.39 is 37.1 Å². The Hall–Kier alpha value is -1.21. The number of rotatable bonds is 5. The summed E-state index contributed by atoms with van der Waals surface area (Å²) in [6.45, 7) is 5.63. The van der Waals surface area contributed by atoms with E-state index in [1.807, 2.05) is 6.92 Å². The molecule has 21 heavy (non-hydrogen) atoms. The van der Waals surface area contributed by atoms with Crippen molar-refractivity contribution >= 4 is 25.6 Å². The van der Waals surface area contributed by atoms with Crippen LogP contribution in [0, 0.1) is 11.6 Å². The Labute approximate surface area is 127 Å². The Morgan fingerprint density at radius 1 is 1.33 bits per heavy atom. The quantitative estimate of drug-likeness (QED) is 0.774. The van der Waals surface area contributed by atoms with Gasteiger partial charge in [-0.25, -0.2) is 17.2 Å². The van der Waals surface area contributed by atoms with Crippen LogP contribution < -0.4 is 0 Å². The number of benzene rings is 1. The van der Waals surface area contributed by atoms with Gasteiger partial charge in [-0.2, -0.15) is 0 Å². The van der Waals surface area contributed by atoms with E-state index in [4.69, 9.17) is 10.7 Å². The van der Waals surface area contributed by atoms with Crippen LogP contribution in [0.1, 0.15) is 37.6 Å². The van der Waals surface area contributed by atoms with Crippen molar-refractivity contribution in [3.63, 3.8) is 0 Å². The molecular formula is C13H16ClF2NO3S. The molecule has 1 aromatic carbocycles. The van der Waals surface area contributed by atoms with Crippen LogP contribution in [0.3, 0.4) is 0 Å². The lowest BCUT2D eigenvalue weighted by Gasteiger charge is -2.26. The molecule has 0 aliphatic heterocycles. The normalized spacial score (nSPS) is 11.8. The molecular weight excluding hydrogens is 324 g/mol. The zero-order chi connectivity index (χ0) is 16.4. The second kappa shape index (κ2) is 6.70. The van der Waals surface area contributed by atoms with Crippen molar-refractivity contribution in [3.05, 3.63) is 29.3 Å². The lowest BCUT2D eigenvalue weighted by Crippen LogP contribution is -2.38. The van der Waals surface area contributed by atoms with Gasteiger partial charge < -0.3 is 4.90 Å². The molecule has 0 heterocycles. The maximum atomic E-state index is 13.8. The van der Waals surface area contributed by atoms with Crippen LogP contribution in [0.4, 0.5) is 8.78 Å². The monoisotopic (exact) mass is 339 g/mol. The summed E-state index contributed by atoms with van der Waals surface area (Å²) < 4.78 is 49.8. The maximum absolute atomic E-state index is 13.8. The van der Waals surface area contributed by atoms with E-state index in [0.717, 1.165) is 6.07 Å². The molecule has 0 aliphatic carbocycles. The number of hydrogen-bond acceptors (Lipinski definition) is 3. The molecule has 1 amide bonds. The van der Waals surface area contributed by atoms with Crippen molar-refractivity contribution in [1.29, 1.82) is 0 Å². The van der Waals surface area contributed by atoms with Crippen LogP contribution in [0.2, 0.25) is 0 Å². The van der Waals surface area contributed by atoms with E-state index in [9.17, 15) is 22.0 Å². The molecule has 0 unspecified atom stereocenters. The largest absolute Gasteiger partial charge is 0.336 e. The predicted molar refractivity (Wildman–Crippen MR) is 75.9 cm³/mol. The van der Waals surface area contributed by atoms with E-state index >= 15 is 0 Å². The predicted octanol–water partition coefficient (Wildman–Crippen LogP) is 3.15. The van der Waals surface area contributed by atoms with Gasteiger partial charge in [0.25, 0.3) is 15.0 Å². The molecule has 0 radical (unpaired) electrons. The summed E-state index contributed by atoms with van der Waals surface area (Å²) in [6.07, 6.45) is 0.627. The van der Waals surface area contributed by atoms with Gasteiger partial charge in [-0.3, -0.25) is 4.79 Å². The van der Waals surface area contributed by atoms with Gasteiger partial charge in [0.15, 0.2) is 11.6 Å². The zero-order valence-electron chi connectivity index (χ0n) is 11.9. The molecule has 0 atom stereocenters. The van der Waals surface area contributed by atoms with Crippen LogP contribution in [0.5, 0.6) is 0 Å². The number of amides is 1. The standard InChI is InChI=1S/C13H16ClF2NO3S/c1-4-5-17(8(2)3)13(18)10-6-9(21(14,19)20)7-11(15)12(10)16/h6-8H,4-5H2,1-3H3. The molecule has 1 rings (SSSR count). The Balaban J connectivity index is 3.41. The summed E-state index contributed by atoms with van der Waals surface area (Å²) >= 11 is 0. The zero-order valence-corrected chi connectivity index (χ0v) is 13.4. The summed E-state index contributed by atoms with van der Waals surface area (Å²) in [6, 6.07) is 0.971. The summed E-state index contributed by atoms with van der Waals surface area (Å²) in [4.78, 5) is 13.0. The third-order valence-electron chi connectivity index (χ3n) is 2.86. The second-order valence-corrected chi connectivity index (χ2v) is 7.36. The fourth-order valence-electron chi connectivity index (χ4n) is 1.85. The van der Waals surface area contributed by atoms with Gasteiger partial charge in [-0.1, -0.05) is 6.92 Å². The summed E-state index contributed by atoms with van der Waals surface area (Å²) in [5, 5.41) is 0. The topological polar surface area (TPSA) is 54.5 Å². The van der Waals surface area contributed by atoms with Crippen molar-refractivity contribution < 1.29 is 22.0 Å². The third kappa shape index (κ3) is 4.14. The first kappa shape index (κ1) is 17.8. The summed E-state index contributed by atoms with van der Waals surface area (Å²) in [7, 11) is 0.859. The molecule has 0 aliphatic rings.